The van der Waals surface area contributed by atoms with Crippen LogP contribution in [-0.4, -0.2) is 50.2 Å². The van der Waals surface area contributed by atoms with Crippen LogP contribution in [0.5, 0.6) is 0 Å². The molecule has 2 heterocycles. The molecule has 182 valence electrons. The summed E-state index contributed by atoms with van der Waals surface area (Å²) in [6, 6.07) is 5.24. The summed E-state index contributed by atoms with van der Waals surface area (Å²) in [5.74, 6) is 0.740. The van der Waals surface area contributed by atoms with E-state index in [1.165, 1.54) is 4.31 Å². The average molecular weight is 476 g/mol. The molecule has 2 amide bonds. The van der Waals surface area contributed by atoms with Crippen LogP contribution in [0, 0.1) is 17.8 Å². The van der Waals surface area contributed by atoms with Crippen molar-refractivity contribution < 1.29 is 18.0 Å². The lowest BCUT2D eigenvalue weighted by atomic mass is 9.84. The number of anilines is 1. The van der Waals surface area contributed by atoms with Crippen LogP contribution in [0.1, 0.15) is 64.9 Å². The third-order valence-electron chi connectivity index (χ3n) is 7.44. The van der Waals surface area contributed by atoms with Crippen molar-refractivity contribution in [3.8, 4) is 0 Å². The van der Waals surface area contributed by atoms with Gasteiger partial charge in [0.15, 0.2) is 0 Å². The Labute approximate surface area is 198 Å². The lowest BCUT2D eigenvalue weighted by Gasteiger charge is -2.32. The van der Waals surface area contributed by atoms with E-state index in [2.05, 4.69) is 19.2 Å². The molecule has 1 atom stereocenters. The molecular formula is C25H37N3O4S. The van der Waals surface area contributed by atoms with Gasteiger partial charge in [0.2, 0.25) is 21.8 Å². The van der Waals surface area contributed by atoms with Crippen molar-refractivity contribution in [2.75, 3.05) is 24.5 Å². The molecule has 1 saturated carbocycles. The first-order valence-corrected chi connectivity index (χ1v) is 13.9. The Morgan fingerprint density at radius 2 is 1.79 bits per heavy atom. The molecule has 0 unspecified atom stereocenters. The number of hydrogen-bond acceptors (Lipinski definition) is 4. The molecule has 0 spiro atoms. The topological polar surface area (TPSA) is 86.8 Å². The van der Waals surface area contributed by atoms with Crippen molar-refractivity contribution in [3.05, 3.63) is 23.8 Å². The lowest BCUT2D eigenvalue weighted by Crippen LogP contribution is -2.43. The van der Waals surface area contributed by atoms with E-state index in [9.17, 15) is 18.0 Å². The maximum Gasteiger partial charge on any atom is 0.243 e. The molecule has 7 nitrogen and oxygen atoms in total. The fourth-order valence-corrected chi connectivity index (χ4v) is 6.61. The molecule has 2 fully saturated rings. The highest BCUT2D eigenvalue weighted by atomic mass is 32.2. The number of carbonyl (C=O) groups is 2. The van der Waals surface area contributed by atoms with Crippen molar-refractivity contribution in [3.63, 3.8) is 0 Å². The van der Waals surface area contributed by atoms with Crippen molar-refractivity contribution in [2.24, 2.45) is 17.8 Å². The van der Waals surface area contributed by atoms with Gasteiger partial charge in [0.1, 0.15) is 0 Å². The van der Waals surface area contributed by atoms with Crippen LogP contribution < -0.4 is 10.2 Å². The second-order valence-corrected chi connectivity index (χ2v) is 12.3. The van der Waals surface area contributed by atoms with E-state index in [1.807, 2.05) is 11.8 Å². The maximum absolute atomic E-state index is 13.3. The van der Waals surface area contributed by atoms with E-state index in [0.717, 1.165) is 36.9 Å². The number of nitrogens with one attached hydrogen (secondary N) is 1. The number of fused-ring (bicyclic) bond motifs is 1. The second kappa shape index (κ2) is 9.74. The first-order valence-electron chi connectivity index (χ1n) is 12.4. The van der Waals surface area contributed by atoms with Gasteiger partial charge in [0.25, 0.3) is 0 Å². The Bertz CT molecular complexity index is 995. The molecule has 0 bridgehead atoms. The average Bonchev–Trinajstić information content (AvgIpc) is 3.07. The van der Waals surface area contributed by atoms with Gasteiger partial charge in [-0.2, -0.15) is 4.31 Å². The summed E-state index contributed by atoms with van der Waals surface area (Å²) in [6.45, 7) is 7.65. The zero-order valence-electron chi connectivity index (χ0n) is 20.0. The Morgan fingerprint density at radius 3 is 2.39 bits per heavy atom. The number of rotatable bonds is 7. The third-order valence-corrected chi connectivity index (χ3v) is 9.34. The van der Waals surface area contributed by atoms with Gasteiger partial charge in [-0.25, -0.2) is 8.42 Å². The normalized spacial score (nSPS) is 22.3. The highest BCUT2D eigenvalue weighted by Crippen LogP contribution is 2.38. The molecule has 1 N–H and O–H groups in total. The molecule has 0 aromatic heterocycles. The first-order chi connectivity index (χ1) is 15.7. The number of benzene rings is 1. The number of hydrogen-bond donors (Lipinski definition) is 1. The van der Waals surface area contributed by atoms with E-state index in [-0.39, 0.29) is 34.6 Å². The van der Waals surface area contributed by atoms with Gasteiger partial charge in [-0.1, -0.05) is 20.3 Å². The molecule has 33 heavy (non-hydrogen) atoms. The molecule has 8 heteroatoms. The summed E-state index contributed by atoms with van der Waals surface area (Å²) in [5, 5.41) is 2.99. The number of amides is 2. The van der Waals surface area contributed by atoms with Gasteiger partial charge < -0.3 is 10.2 Å². The highest BCUT2D eigenvalue weighted by molar-refractivity contribution is 7.89. The number of nitrogens with zero attached hydrogens (tertiary/aromatic N) is 2. The Hall–Kier alpha value is -1.93. The van der Waals surface area contributed by atoms with E-state index in [1.54, 1.807) is 18.2 Å². The Morgan fingerprint density at radius 1 is 1.09 bits per heavy atom. The van der Waals surface area contributed by atoms with Gasteiger partial charge in [0, 0.05) is 43.2 Å². The zero-order chi connectivity index (χ0) is 23.8. The molecule has 1 aromatic carbocycles. The highest BCUT2D eigenvalue weighted by Gasteiger charge is 2.38. The standard InChI is InChI=1S/C25H37N3O4S/c1-17(2)9-12-26-24(29)19-10-13-27(14-11-19)33(31,32)22-7-8-23-21(16-22)15-18(3)28(23)25(30)20-5-4-6-20/h7-8,16-20H,4-6,9-15H2,1-3H3,(H,26,29)/t18-/m0/s1. The van der Waals surface area contributed by atoms with Crippen LogP contribution in [0.2, 0.25) is 0 Å². The predicted octanol–water partition coefficient (Wildman–Crippen LogP) is 3.33. The van der Waals surface area contributed by atoms with Crippen molar-refractivity contribution >= 4 is 27.5 Å². The van der Waals surface area contributed by atoms with Gasteiger partial charge in [-0.15, -0.1) is 0 Å². The van der Waals surface area contributed by atoms with Crippen LogP contribution >= 0.6 is 0 Å². The lowest BCUT2D eigenvalue weighted by molar-refractivity contribution is -0.126. The molecule has 1 aliphatic carbocycles. The van der Waals surface area contributed by atoms with E-state index >= 15 is 0 Å². The predicted molar refractivity (Wildman–Crippen MR) is 128 cm³/mol. The summed E-state index contributed by atoms with van der Waals surface area (Å²) in [5.41, 5.74) is 1.78. The summed E-state index contributed by atoms with van der Waals surface area (Å²) < 4.78 is 28.1. The maximum atomic E-state index is 13.3. The minimum absolute atomic E-state index is 0.0374. The molecule has 2 aliphatic heterocycles. The van der Waals surface area contributed by atoms with E-state index in [0.29, 0.717) is 44.8 Å². The van der Waals surface area contributed by atoms with Gasteiger partial charge in [0.05, 0.1) is 4.90 Å². The second-order valence-electron chi connectivity index (χ2n) is 10.3. The van der Waals surface area contributed by atoms with Crippen LogP contribution in [0.25, 0.3) is 0 Å². The SMILES string of the molecule is CC(C)CCNC(=O)C1CCN(S(=O)(=O)c2ccc3c(c2)C[C@H](C)N3C(=O)C2CCC2)CC1. The van der Waals surface area contributed by atoms with Crippen molar-refractivity contribution in [2.45, 2.75) is 76.7 Å². The Balaban J connectivity index is 1.40. The summed E-state index contributed by atoms with van der Waals surface area (Å²) in [7, 11) is -3.63. The fraction of sp³-hybridized carbons (Fsp3) is 0.680. The van der Waals surface area contributed by atoms with Crippen LogP contribution in [0.15, 0.2) is 23.1 Å². The van der Waals surface area contributed by atoms with E-state index < -0.39 is 10.0 Å². The molecule has 1 saturated heterocycles. The monoisotopic (exact) mass is 475 g/mol. The zero-order valence-corrected chi connectivity index (χ0v) is 20.9. The Kier molecular flexibility index (Phi) is 7.15. The summed E-state index contributed by atoms with van der Waals surface area (Å²) >= 11 is 0. The molecular weight excluding hydrogens is 438 g/mol. The molecule has 0 radical (unpaired) electrons. The largest absolute Gasteiger partial charge is 0.356 e. The van der Waals surface area contributed by atoms with Gasteiger partial charge in [-0.05, 0) is 75.1 Å². The molecule has 1 aromatic rings. The summed E-state index contributed by atoms with van der Waals surface area (Å²) in [4.78, 5) is 27.5. The van der Waals surface area contributed by atoms with Crippen molar-refractivity contribution in [1.29, 1.82) is 0 Å². The number of sulfonamides is 1. The van der Waals surface area contributed by atoms with E-state index in [4.69, 9.17) is 0 Å². The molecule has 4 rings (SSSR count). The molecule has 3 aliphatic rings. The number of piperidine rings is 1. The fourth-order valence-electron chi connectivity index (χ4n) is 5.09. The van der Waals surface area contributed by atoms with Crippen LogP contribution in [0.3, 0.4) is 0 Å². The minimum atomic E-state index is -3.63. The first kappa shape index (κ1) is 24.2. The summed E-state index contributed by atoms with van der Waals surface area (Å²) in [6.07, 6.45) is 5.72. The van der Waals surface area contributed by atoms with Gasteiger partial charge in [-0.3, -0.25) is 9.59 Å². The third kappa shape index (κ3) is 4.97. The van der Waals surface area contributed by atoms with Crippen LogP contribution in [-0.2, 0) is 26.0 Å². The smallest absolute Gasteiger partial charge is 0.243 e. The van der Waals surface area contributed by atoms with Crippen molar-refractivity contribution in [1.82, 2.24) is 9.62 Å². The van der Waals surface area contributed by atoms with Gasteiger partial charge >= 0.3 is 0 Å². The quantitative estimate of drug-likeness (QED) is 0.655. The van der Waals surface area contributed by atoms with Crippen LogP contribution in [0.4, 0.5) is 5.69 Å². The number of carbonyl (C=O) groups excluding carboxylic acids is 2. The minimum Gasteiger partial charge on any atom is -0.356 e.